The molecule has 20 heavy (non-hydrogen) atoms. The molecule has 3 rings (SSSR count). The van der Waals surface area contributed by atoms with Crippen LogP contribution in [0.25, 0.3) is 11.1 Å². The molecule has 0 bridgehead atoms. The summed E-state index contributed by atoms with van der Waals surface area (Å²) in [4.78, 5) is 4.23. The van der Waals surface area contributed by atoms with Crippen molar-refractivity contribution in [3.05, 3.63) is 28.9 Å². The van der Waals surface area contributed by atoms with Crippen molar-refractivity contribution in [3.63, 3.8) is 0 Å². The summed E-state index contributed by atoms with van der Waals surface area (Å²) >= 11 is 5.92. The molecule has 1 aliphatic rings. The van der Waals surface area contributed by atoms with E-state index in [0.717, 1.165) is 25.9 Å². The number of piperidine rings is 1. The predicted molar refractivity (Wildman–Crippen MR) is 74.5 cm³/mol. The van der Waals surface area contributed by atoms with Crippen molar-refractivity contribution in [3.8, 4) is 0 Å². The summed E-state index contributed by atoms with van der Waals surface area (Å²) in [7, 11) is 0. The highest BCUT2D eigenvalue weighted by Gasteiger charge is 2.14. The second-order valence-electron chi connectivity index (χ2n) is 4.91. The number of nitrogens with one attached hydrogen (secondary N) is 1. The van der Waals surface area contributed by atoms with Gasteiger partial charge in [-0.25, -0.2) is 9.37 Å². The zero-order valence-corrected chi connectivity index (χ0v) is 11.8. The molecular weight excluding hydrogens is 283 g/mol. The number of aromatic nitrogens is 1. The van der Waals surface area contributed by atoms with Crippen LogP contribution in [0.2, 0.25) is 5.02 Å². The minimum absolute atomic E-state index is 0.248. The highest BCUT2D eigenvalue weighted by Crippen LogP contribution is 2.25. The van der Waals surface area contributed by atoms with Gasteiger partial charge in [-0.1, -0.05) is 11.6 Å². The highest BCUT2D eigenvalue weighted by atomic mass is 35.5. The SMILES string of the molecule is Fc1cc(Cl)c2oc(CCOC3CCNCC3)nc2c1. The van der Waals surface area contributed by atoms with Crippen molar-refractivity contribution in [2.24, 2.45) is 0 Å². The van der Waals surface area contributed by atoms with E-state index in [4.69, 9.17) is 20.8 Å². The summed E-state index contributed by atoms with van der Waals surface area (Å²) in [6.07, 6.45) is 2.94. The molecule has 2 heterocycles. The summed E-state index contributed by atoms with van der Waals surface area (Å²) in [5.74, 6) is 0.120. The van der Waals surface area contributed by atoms with Crippen molar-refractivity contribution < 1.29 is 13.5 Å². The third-order valence-electron chi connectivity index (χ3n) is 3.41. The van der Waals surface area contributed by atoms with Gasteiger partial charge < -0.3 is 14.5 Å². The van der Waals surface area contributed by atoms with Crippen LogP contribution >= 0.6 is 11.6 Å². The smallest absolute Gasteiger partial charge is 0.197 e. The molecule has 0 spiro atoms. The summed E-state index contributed by atoms with van der Waals surface area (Å²) in [6, 6.07) is 2.55. The van der Waals surface area contributed by atoms with E-state index in [1.807, 2.05) is 0 Å². The van der Waals surface area contributed by atoms with Gasteiger partial charge in [-0.2, -0.15) is 0 Å². The molecule has 108 valence electrons. The minimum atomic E-state index is -0.409. The van der Waals surface area contributed by atoms with E-state index < -0.39 is 5.82 Å². The maximum atomic E-state index is 13.2. The fourth-order valence-electron chi connectivity index (χ4n) is 2.39. The number of hydrogen-bond acceptors (Lipinski definition) is 4. The van der Waals surface area contributed by atoms with Gasteiger partial charge in [-0.15, -0.1) is 0 Å². The number of ether oxygens (including phenoxy) is 1. The van der Waals surface area contributed by atoms with Crippen LogP contribution in [-0.4, -0.2) is 30.8 Å². The molecule has 1 aliphatic heterocycles. The van der Waals surface area contributed by atoms with E-state index in [2.05, 4.69) is 10.3 Å². The molecule has 1 aromatic heterocycles. The van der Waals surface area contributed by atoms with Gasteiger partial charge in [-0.3, -0.25) is 0 Å². The first-order chi connectivity index (χ1) is 9.72. The Morgan fingerprint density at radius 1 is 1.40 bits per heavy atom. The number of benzene rings is 1. The molecule has 1 aromatic carbocycles. The van der Waals surface area contributed by atoms with Crippen molar-refractivity contribution >= 4 is 22.7 Å². The van der Waals surface area contributed by atoms with Crippen LogP contribution in [-0.2, 0) is 11.2 Å². The van der Waals surface area contributed by atoms with Crippen LogP contribution in [0.15, 0.2) is 16.5 Å². The average Bonchev–Trinajstić information content (AvgIpc) is 2.83. The van der Waals surface area contributed by atoms with Gasteiger partial charge >= 0.3 is 0 Å². The first-order valence-corrected chi connectivity index (χ1v) is 7.17. The lowest BCUT2D eigenvalue weighted by Gasteiger charge is -2.22. The van der Waals surface area contributed by atoms with Crippen molar-refractivity contribution in [1.29, 1.82) is 0 Å². The molecule has 0 unspecified atom stereocenters. The van der Waals surface area contributed by atoms with Crippen molar-refractivity contribution in [1.82, 2.24) is 10.3 Å². The second kappa shape index (κ2) is 6.08. The Kier molecular flexibility index (Phi) is 4.19. The highest BCUT2D eigenvalue weighted by molar-refractivity contribution is 6.34. The molecule has 0 saturated carbocycles. The van der Waals surface area contributed by atoms with Crippen LogP contribution in [0.4, 0.5) is 4.39 Å². The Hall–Kier alpha value is -1.17. The first-order valence-electron chi connectivity index (χ1n) is 6.79. The van der Waals surface area contributed by atoms with Crippen LogP contribution in [0.3, 0.4) is 0 Å². The van der Waals surface area contributed by atoms with Crippen LogP contribution in [0, 0.1) is 5.82 Å². The molecule has 4 nitrogen and oxygen atoms in total. The number of nitrogens with zero attached hydrogens (tertiary/aromatic N) is 1. The zero-order valence-electron chi connectivity index (χ0n) is 11.0. The summed E-state index contributed by atoms with van der Waals surface area (Å²) < 4.78 is 24.5. The normalized spacial score (nSPS) is 16.9. The molecule has 0 amide bonds. The molecular formula is C14H16ClFN2O2. The Bertz CT molecular complexity index is 596. The molecule has 0 aliphatic carbocycles. The maximum absolute atomic E-state index is 13.2. The maximum Gasteiger partial charge on any atom is 0.197 e. The average molecular weight is 299 g/mol. The Balaban J connectivity index is 1.61. The van der Waals surface area contributed by atoms with Crippen molar-refractivity contribution in [2.75, 3.05) is 19.7 Å². The Labute approximate surface area is 121 Å². The third kappa shape index (κ3) is 3.11. The standard InChI is InChI=1S/C14H16ClFN2O2/c15-11-7-9(16)8-12-14(11)20-13(18-12)3-6-19-10-1-4-17-5-2-10/h7-8,10,17H,1-6H2. The van der Waals surface area contributed by atoms with Crippen LogP contribution < -0.4 is 5.32 Å². The molecule has 6 heteroatoms. The fraction of sp³-hybridized carbons (Fsp3) is 0.500. The van der Waals surface area contributed by atoms with Crippen molar-refractivity contribution in [2.45, 2.75) is 25.4 Å². The Morgan fingerprint density at radius 2 is 2.20 bits per heavy atom. The van der Waals surface area contributed by atoms with E-state index in [9.17, 15) is 4.39 Å². The Morgan fingerprint density at radius 3 is 3.00 bits per heavy atom. The lowest BCUT2D eigenvalue weighted by atomic mass is 10.1. The molecule has 1 fully saturated rings. The first kappa shape index (κ1) is 13.8. The van der Waals surface area contributed by atoms with Gasteiger partial charge in [0.15, 0.2) is 11.5 Å². The minimum Gasteiger partial charge on any atom is -0.439 e. The molecule has 0 radical (unpaired) electrons. The summed E-state index contributed by atoms with van der Waals surface area (Å²) in [6.45, 7) is 2.56. The summed E-state index contributed by atoms with van der Waals surface area (Å²) in [5.41, 5.74) is 0.886. The van der Waals surface area contributed by atoms with Gasteiger partial charge in [0, 0.05) is 12.5 Å². The zero-order chi connectivity index (χ0) is 13.9. The topological polar surface area (TPSA) is 47.3 Å². The van der Waals surface area contributed by atoms with Gasteiger partial charge in [-0.05, 0) is 32.0 Å². The summed E-state index contributed by atoms with van der Waals surface area (Å²) in [5, 5.41) is 3.54. The van der Waals surface area contributed by atoms with E-state index in [1.165, 1.54) is 12.1 Å². The number of oxazole rings is 1. The van der Waals surface area contributed by atoms with Crippen LogP contribution in [0.5, 0.6) is 0 Å². The van der Waals surface area contributed by atoms with Crippen LogP contribution in [0.1, 0.15) is 18.7 Å². The molecule has 0 atom stereocenters. The molecule has 1 saturated heterocycles. The van der Waals surface area contributed by atoms with Gasteiger partial charge in [0.2, 0.25) is 0 Å². The van der Waals surface area contributed by atoms with E-state index in [1.54, 1.807) is 0 Å². The fourth-order valence-corrected chi connectivity index (χ4v) is 2.63. The lowest BCUT2D eigenvalue weighted by molar-refractivity contribution is 0.0328. The van der Waals surface area contributed by atoms with E-state index in [-0.39, 0.29) is 5.02 Å². The van der Waals surface area contributed by atoms with E-state index >= 15 is 0 Å². The van der Waals surface area contributed by atoms with Gasteiger partial charge in [0.1, 0.15) is 11.3 Å². The number of hydrogen-bond donors (Lipinski definition) is 1. The van der Waals surface area contributed by atoms with Gasteiger partial charge in [0.05, 0.1) is 17.7 Å². The second-order valence-corrected chi connectivity index (χ2v) is 5.32. The number of fused-ring (bicyclic) bond motifs is 1. The molecule has 2 aromatic rings. The third-order valence-corrected chi connectivity index (χ3v) is 3.69. The van der Waals surface area contributed by atoms with E-state index in [0.29, 0.717) is 36.1 Å². The largest absolute Gasteiger partial charge is 0.439 e. The monoisotopic (exact) mass is 298 g/mol. The molecule has 1 N–H and O–H groups in total. The lowest BCUT2D eigenvalue weighted by Crippen LogP contribution is -2.32. The van der Waals surface area contributed by atoms with Gasteiger partial charge in [0.25, 0.3) is 0 Å². The number of halogens is 2. The quantitative estimate of drug-likeness (QED) is 0.943. The predicted octanol–water partition coefficient (Wildman–Crippen LogP) is 2.93. The number of rotatable bonds is 4.